The first kappa shape index (κ1) is 15.0. The molecule has 110 valence electrons. The van der Waals surface area contributed by atoms with Crippen LogP contribution >= 0.6 is 0 Å². The van der Waals surface area contributed by atoms with Crippen molar-refractivity contribution >= 4 is 5.97 Å². The number of esters is 1. The summed E-state index contributed by atoms with van der Waals surface area (Å²) in [4.78, 5) is 12.6. The van der Waals surface area contributed by atoms with Gasteiger partial charge in [-0.25, -0.2) is 0 Å². The van der Waals surface area contributed by atoms with Crippen molar-refractivity contribution < 1.29 is 19.0 Å². The van der Waals surface area contributed by atoms with Crippen LogP contribution in [-0.4, -0.2) is 30.6 Å². The van der Waals surface area contributed by atoms with Crippen LogP contribution in [0.25, 0.3) is 0 Å². The Bertz CT molecular complexity index is 455. The quantitative estimate of drug-likeness (QED) is 0.798. The van der Waals surface area contributed by atoms with Gasteiger partial charge in [0.2, 0.25) is 0 Å². The molecule has 0 aliphatic carbocycles. The Balaban J connectivity index is 2.32. The zero-order valence-electron chi connectivity index (χ0n) is 12.5. The predicted molar refractivity (Wildman–Crippen MR) is 75.3 cm³/mol. The summed E-state index contributed by atoms with van der Waals surface area (Å²) < 4.78 is 16.9. The summed E-state index contributed by atoms with van der Waals surface area (Å²) in [6, 6.07) is 9.49. The van der Waals surface area contributed by atoms with E-state index >= 15 is 0 Å². The average Bonchev–Trinajstić information content (AvgIpc) is 2.75. The largest absolute Gasteiger partial charge is 0.459 e. The Morgan fingerprint density at radius 3 is 2.25 bits per heavy atom. The minimum atomic E-state index is -0.969. The molecule has 1 unspecified atom stereocenters. The highest BCUT2D eigenvalue weighted by Crippen LogP contribution is 2.37. The van der Waals surface area contributed by atoms with Crippen LogP contribution in [0.15, 0.2) is 30.3 Å². The molecule has 0 amide bonds. The lowest BCUT2D eigenvalue weighted by atomic mass is 9.91. The molecule has 0 bridgehead atoms. The smallest absolute Gasteiger partial charge is 0.319 e. The van der Waals surface area contributed by atoms with Crippen molar-refractivity contribution in [2.45, 2.75) is 45.0 Å². The maximum atomic E-state index is 12.6. The minimum absolute atomic E-state index is 0.326. The molecule has 1 aromatic carbocycles. The molecule has 0 aromatic heterocycles. The molecule has 1 saturated heterocycles. The predicted octanol–water partition coefficient (Wildman–Crippen LogP) is 2.87. The summed E-state index contributed by atoms with van der Waals surface area (Å²) in [5.74, 6) is -1.89. The number of hydrogen-bond acceptors (Lipinski definition) is 4. The number of carbonyl (C=O) groups excluding carboxylic acids is 1. The zero-order valence-corrected chi connectivity index (χ0v) is 12.5. The van der Waals surface area contributed by atoms with Crippen molar-refractivity contribution in [3.63, 3.8) is 0 Å². The molecule has 1 atom stereocenters. The fourth-order valence-corrected chi connectivity index (χ4v) is 2.36. The monoisotopic (exact) mass is 278 g/mol. The van der Waals surface area contributed by atoms with Crippen molar-refractivity contribution in [3.8, 4) is 0 Å². The second-order valence-electron chi connectivity index (χ2n) is 6.09. The molecule has 1 heterocycles. The molecule has 0 spiro atoms. The van der Waals surface area contributed by atoms with Crippen LogP contribution in [-0.2, 0) is 19.0 Å². The second kappa shape index (κ2) is 5.54. The van der Waals surface area contributed by atoms with E-state index in [2.05, 4.69) is 0 Å². The molecule has 0 radical (unpaired) electrons. The third kappa shape index (κ3) is 3.38. The van der Waals surface area contributed by atoms with Crippen molar-refractivity contribution in [3.05, 3.63) is 35.9 Å². The molecule has 0 saturated carbocycles. The first-order valence-electron chi connectivity index (χ1n) is 6.87. The van der Waals surface area contributed by atoms with Gasteiger partial charge in [-0.3, -0.25) is 4.79 Å². The number of carbonyl (C=O) groups is 1. The zero-order chi connectivity index (χ0) is 14.8. The van der Waals surface area contributed by atoms with E-state index in [1.165, 1.54) is 0 Å². The fraction of sp³-hybridized carbons (Fsp3) is 0.562. The number of rotatable bonds is 3. The summed E-state index contributed by atoms with van der Waals surface area (Å²) in [6.45, 7) is 8.33. The van der Waals surface area contributed by atoms with Crippen LogP contribution in [0.2, 0.25) is 0 Å². The highest BCUT2D eigenvalue weighted by atomic mass is 16.7. The van der Waals surface area contributed by atoms with Gasteiger partial charge in [-0.2, -0.15) is 0 Å². The van der Waals surface area contributed by atoms with E-state index in [9.17, 15) is 4.79 Å². The molecule has 1 aliphatic rings. The molecule has 4 nitrogen and oxygen atoms in total. The Labute approximate surface area is 120 Å². The topological polar surface area (TPSA) is 44.8 Å². The average molecular weight is 278 g/mol. The SMILES string of the molecule is CC(C)(C)OC(=O)C(c1ccccc1)C1(C)OCCO1. The summed E-state index contributed by atoms with van der Waals surface area (Å²) in [5.41, 5.74) is 0.296. The molecule has 1 aromatic rings. The maximum absolute atomic E-state index is 12.6. The van der Waals surface area contributed by atoms with E-state index in [0.29, 0.717) is 13.2 Å². The normalized spacial score (nSPS) is 19.6. The van der Waals surface area contributed by atoms with Crippen molar-refractivity contribution in [1.29, 1.82) is 0 Å². The molecule has 0 N–H and O–H groups in total. The van der Waals surface area contributed by atoms with Gasteiger partial charge in [-0.1, -0.05) is 30.3 Å². The van der Waals surface area contributed by atoms with Gasteiger partial charge >= 0.3 is 5.97 Å². The van der Waals surface area contributed by atoms with Gasteiger partial charge in [0.25, 0.3) is 0 Å². The standard InChI is InChI=1S/C16H22O4/c1-15(2,3)20-14(17)13(12-8-6-5-7-9-12)16(4)18-10-11-19-16/h5-9,13H,10-11H2,1-4H3. The molecule has 20 heavy (non-hydrogen) atoms. The third-order valence-electron chi connectivity index (χ3n) is 3.16. The van der Waals surface area contributed by atoms with Gasteiger partial charge in [0.1, 0.15) is 11.5 Å². The number of ether oxygens (including phenoxy) is 3. The van der Waals surface area contributed by atoms with Crippen LogP contribution in [0.1, 0.15) is 39.2 Å². The summed E-state index contributed by atoms with van der Waals surface area (Å²) in [6.07, 6.45) is 0. The van der Waals surface area contributed by atoms with Crippen molar-refractivity contribution in [2.75, 3.05) is 13.2 Å². The molecule has 4 heteroatoms. The lowest BCUT2D eigenvalue weighted by molar-refractivity contribution is -0.191. The van der Waals surface area contributed by atoms with E-state index in [1.807, 2.05) is 51.1 Å². The summed E-state index contributed by atoms with van der Waals surface area (Å²) >= 11 is 0. The summed E-state index contributed by atoms with van der Waals surface area (Å²) in [7, 11) is 0. The summed E-state index contributed by atoms with van der Waals surface area (Å²) in [5, 5.41) is 0. The Morgan fingerprint density at radius 1 is 1.20 bits per heavy atom. The number of hydrogen-bond donors (Lipinski definition) is 0. The second-order valence-corrected chi connectivity index (χ2v) is 6.09. The Morgan fingerprint density at radius 2 is 1.75 bits per heavy atom. The first-order chi connectivity index (χ1) is 9.32. The van der Waals surface area contributed by atoms with Gasteiger partial charge in [-0.15, -0.1) is 0 Å². The van der Waals surface area contributed by atoms with Gasteiger partial charge < -0.3 is 14.2 Å². The Hall–Kier alpha value is -1.39. The van der Waals surface area contributed by atoms with Crippen LogP contribution in [0.5, 0.6) is 0 Å². The third-order valence-corrected chi connectivity index (χ3v) is 3.16. The highest BCUT2D eigenvalue weighted by molar-refractivity contribution is 5.80. The lowest BCUT2D eigenvalue weighted by Gasteiger charge is -2.33. The van der Waals surface area contributed by atoms with Crippen molar-refractivity contribution in [2.24, 2.45) is 0 Å². The van der Waals surface area contributed by atoms with Crippen LogP contribution in [0.4, 0.5) is 0 Å². The fourth-order valence-electron chi connectivity index (χ4n) is 2.36. The minimum Gasteiger partial charge on any atom is -0.459 e. The highest BCUT2D eigenvalue weighted by Gasteiger charge is 2.47. The number of benzene rings is 1. The van der Waals surface area contributed by atoms with Crippen LogP contribution < -0.4 is 0 Å². The van der Waals surface area contributed by atoms with Gasteiger partial charge in [0.15, 0.2) is 5.79 Å². The van der Waals surface area contributed by atoms with E-state index in [1.54, 1.807) is 6.92 Å². The molecular weight excluding hydrogens is 256 g/mol. The van der Waals surface area contributed by atoms with Crippen LogP contribution in [0.3, 0.4) is 0 Å². The van der Waals surface area contributed by atoms with Crippen LogP contribution in [0, 0.1) is 0 Å². The van der Waals surface area contributed by atoms with E-state index in [-0.39, 0.29) is 5.97 Å². The lowest BCUT2D eigenvalue weighted by Crippen LogP contribution is -2.42. The molecule has 1 aliphatic heterocycles. The Kier molecular flexibility index (Phi) is 4.16. The molecule has 1 fully saturated rings. The van der Waals surface area contributed by atoms with Crippen molar-refractivity contribution in [1.82, 2.24) is 0 Å². The van der Waals surface area contributed by atoms with Gasteiger partial charge in [0.05, 0.1) is 13.2 Å². The van der Waals surface area contributed by atoms with E-state index in [4.69, 9.17) is 14.2 Å². The van der Waals surface area contributed by atoms with Gasteiger partial charge in [-0.05, 0) is 33.3 Å². The first-order valence-corrected chi connectivity index (χ1v) is 6.87. The van der Waals surface area contributed by atoms with Gasteiger partial charge in [0, 0.05) is 0 Å². The maximum Gasteiger partial charge on any atom is 0.319 e. The van der Waals surface area contributed by atoms with E-state index < -0.39 is 17.3 Å². The van der Waals surface area contributed by atoms with E-state index in [0.717, 1.165) is 5.56 Å². The molecular formula is C16H22O4. The molecule has 2 rings (SSSR count).